The maximum atomic E-state index is 9.57. The third kappa shape index (κ3) is 6.49. The van der Waals surface area contributed by atoms with Crippen LogP contribution in [0.25, 0.3) is 0 Å². The van der Waals surface area contributed by atoms with Gasteiger partial charge in [-0.15, -0.1) is 0 Å². The molecule has 2 heteroatoms. The van der Waals surface area contributed by atoms with Gasteiger partial charge in [0.15, 0.2) is 0 Å². The zero-order chi connectivity index (χ0) is 12.3. The summed E-state index contributed by atoms with van der Waals surface area (Å²) in [5.74, 6) is 0. The highest BCUT2D eigenvalue weighted by Crippen LogP contribution is 2.34. The maximum Gasteiger partial charge on any atom is 0.0487 e. The summed E-state index contributed by atoms with van der Waals surface area (Å²) in [6, 6.07) is 0. The van der Waals surface area contributed by atoms with E-state index in [0.29, 0.717) is 13.2 Å². The first-order chi connectivity index (χ1) is 7.74. The van der Waals surface area contributed by atoms with Gasteiger partial charge in [0.2, 0.25) is 0 Å². The van der Waals surface area contributed by atoms with Gasteiger partial charge in [0.25, 0.3) is 0 Å². The molecule has 0 amide bonds. The van der Waals surface area contributed by atoms with Crippen molar-refractivity contribution < 1.29 is 10.2 Å². The van der Waals surface area contributed by atoms with Gasteiger partial charge >= 0.3 is 0 Å². The van der Waals surface area contributed by atoms with Crippen molar-refractivity contribution in [3.05, 3.63) is 0 Å². The summed E-state index contributed by atoms with van der Waals surface area (Å²) in [5, 5.41) is 18.3. The van der Waals surface area contributed by atoms with Gasteiger partial charge in [-0.2, -0.15) is 0 Å². The van der Waals surface area contributed by atoms with E-state index in [1.807, 2.05) is 0 Å². The second-order valence-electron chi connectivity index (χ2n) is 5.00. The first-order valence-corrected chi connectivity index (χ1v) is 6.96. The molecule has 0 aromatic rings. The van der Waals surface area contributed by atoms with E-state index in [1.54, 1.807) is 0 Å². The molecule has 2 N–H and O–H groups in total. The van der Waals surface area contributed by atoms with Crippen LogP contribution >= 0.6 is 0 Å². The van der Waals surface area contributed by atoms with Gasteiger partial charge in [-0.1, -0.05) is 46.0 Å². The number of hydrogen-bond donors (Lipinski definition) is 2. The van der Waals surface area contributed by atoms with Crippen molar-refractivity contribution in [2.45, 2.75) is 71.6 Å². The molecule has 0 fully saturated rings. The Morgan fingerprint density at radius 3 is 1.94 bits per heavy atom. The Morgan fingerprint density at radius 1 is 0.812 bits per heavy atom. The predicted octanol–water partition coefficient (Wildman–Crippen LogP) is 3.51. The first-order valence-electron chi connectivity index (χ1n) is 6.96. The largest absolute Gasteiger partial charge is 0.396 e. The van der Waals surface area contributed by atoms with Crippen LogP contribution in [0.4, 0.5) is 0 Å². The molecular weight excluding hydrogens is 200 g/mol. The molecule has 0 rings (SSSR count). The minimum atomic E-state index is 0.176. The van der Waals surface area contributed by atoms with Gasteiger partial charge in [0.1, 0.15) is 0 Å². The Labute approximate surface area is 101 Å². The zero-order valence-electron chi connectivity index (χ0n) is 11.2. The van der Waals surface area contributed by atoms with E-state index in [0.717, 1.165) is 32.1 Å². The summed E-state index contributed by atoms with van der Waals surface area (Å²) < 4.78 is 0. The van der Waals surface area contributed by atoms with Crippen LogP contribution in [0.15, 0.2) is 0 Å². The lowest BCUT2D eigenvalue weighted by Gasteiger charge is -2.31. The number of hydrogen-bond acceptors (Lipinski definition) is 2. The highest BCUT2D eigenvalue weighted by Gasteiger charge is 2.25. The third-order valence-corrected chi connectivity index (χ3v) is 3.76. The van der Waals surface area contributed by atoms with Gasteiger partial charge in [0, 0.05) is 13.2 Å². The molecule has 0 aliphatic heterocycles. The van der Waals surface area contributed by atoms with Crippen LogP contribution in [0.1, 0.15) is 71.6 Å². The SMILES string of the molecule is CCCCC(CC)(CO)CCCCCCO. The molecule has 0 heterocycles. The Kier molecular flexibility index (Phi) is 10.0. The topological polar surface area (TPSA) is 40.5 Å². The summed E-state index contributed by atoms with van der Waals surface area (Å²) in [6.07, 6.45) is 10.3. The van der Waals surface area contributed by atoms with Crippen molar-refractivity contribution in [1.82, 2.24) is 0 Å². The average molecular weight is 230 g/mol. The van der Waals surface area contributed by atoms with Crippen LogP contribution in [-0.2, 0) is 0 Å². The molecule has 0 bridgehead atoms. The molecule has 0 saturated carbocycles. The van der Waals surface area contributed by atoms with E-state index >= 15 is 0 Å². The van der Waals surface area contributed by atoms with E-state index in [-0.39, 0.29) is 5.41 Å². The van der Waals surface area contributed by atoms with Crippen molar-refractivity contribution in [3.63, 3.8) is 0 Å². The third-order valence-electron chi connectivity index (χ3n) is 3.76. The van der Waals surface area contributed by atoms with Gasteiger partial charge < -0.3 is 10.2 Å². The van der Waals surface area contributed by atoms with Crippen LogP contribution in [0.3, 0.4) is 0 Å². The molecule has 0 saturated heterocycles. The smallest absolute Gasteiger partial charge is 0.0487 e. The number of aliphatic hydroxyl groups excluding tert-OH is 2. The predicted molar refractivity (Wildman–Crippen MR) is 69.5 cm³/mol. The summed E-state index contributed by atoms with van der Waals surface area (Å²) >= 11 is 0. The van der Waals surface area contributed by atoms with Crippen LogP contribution in [0.2, 0.25) is 0 Å². The van der Waals surface area contributed by atoms with Crippen LogP contribution < -0.4 is 0 Å². The second-order valence-corrected chi connectivity index (χ2v) is 5.00. The molecule has 0 spiro atoms. The summed E-state index contributed by atoms with van der Waals surface area (Å²) in [7, 11) is 0. The Hall–Kier alpha value is -0.0800. The Balaban J connectivity index is 3.82. The van der Waals surface area contributed by atoms with Gasteiger partial charge in [-0.25, -0.2) is 0 Å². The minimum absolute atomic E-state index is 0.176. The summed E-state index contributed by atoms with van der Waals surface area (Å²) in [6.45, 7) is 5.05. The molecule has 2 nitrogen and oxygen atoms in total. The average Bonchev–Trinajstić information content (AvgIpc) is 2.33. The molecule has 0 radical (unpaired) electrons. The van der Waals surface area contributed by atoms with Crippen LogP contribution in [0, 0.1) is 5.41 Å². The standard InChI is InChI=1S/C14H30O2/c1-3-5-10-14(4-2,13-16)11-8-6-7-9-12-15/h15-16H,3-13H2,1-2H3. The fourth-order valence-corrected chi connectivity index (χ4v) is 2.27. The molecule has 0 aromatic heterocycles. The van der Waals surface area contributed by atoms with Crippen LogP contribution in [0.5, 0.6) is 0 Å². The van der Waals surface area contributed by atoms with E-state index in [2.05, 4.69) is 13.8 Å². The molecule has 0 aromatic carbocycles. The van der Waals surface area contributed by atoms with Crippen molar-refractivity contribution in [1.29, 1.82) is 0 Å². The van der Waals surface area contributed by atoms with Gasteiger partial charge in [0.05, 0.1) is 0 Å². The maximum absolute atomic E-state index is 9.57. The number of unbranched alkanes of at least 4 members (excludes halogenated alkanes) is 4. The molecule has 1 unspecified atom stereocenters. The van der Waals surface area contributed by atoms with Crippen molar-refractivity contribution in [2.75, 3.05) is 13.2 Å². The summed E-state index contributed by atoms with van der Waals surface area (Å²) in [4.78, 5) is 0. The molecule has 1 atom stereocenters. The fraction of sp³-hybridized carbons (Fsp3) is 1.00. The zero-order valence-corrected chi connectivity index (χ0v) is 11.2. The van der Waals surface area contributed by atoms with E-state index in [9.17, 15) is 5.11 Å². The van der Waals surface area contributed by atoms with E-state index < -0.39 is 0 Å². The lowest BCUT2D eigenvalue weighted by molar-refractivity contribution is 0.0943. The summed E-state index contributed by atoms with van der Waals surface area (Å²) in [5.41, 5.74) is 0.176. The minimum Gasteiger partial charge on any atom is -0.396 e. The molecule has 16 heavy (non-hydrogen) atoms. The van der Waals surface area contributed by atoms with Crippen molar-refractivity contribution in [3.8, 4) is 0 Å². The Bertz CT molecular complexity index is 142. The van der Waals surface area contributed by atoms with E-state index in [4.69, 9.17) is 5.11 Å². The monoisotopic (exact) mass is 230 g/mol. The fourth-order valence-electron chi connectivity index (χ4n) is 2.27. The van der Waals surface area contributed by atoms with Crippen LogP contribution in [-0.4, -0.2) is 23.4 Å². The van der Waals surface area contributed by atoms with Gasteiger partial charge in [-0.3, -0.25) is 0 Å². The number of rotatable bonds is 11. The lowest BCUT2D eigenvalue weighted by Crippen LogP contribution is -2.24. The molecular formula is C14H30O2. The van der Waals surface area contributed by atoms with Crippen molar-refractivity contribution >= 4 is 0 Å². The van der Waals surface area contributed by atoms with E-state index in [1.165, 1.54) is 25.7 Å². The van der Waals surface area contributed by atoms with Gasteiger partial charge in [-0.05, 0) is 31.1 Å². The Morgan fingerprint density at radius 2 is 1.44 bits per heavy atom. The van der Waals surface area contributed by atoms with Crippen molar-refractivity contribution in [2.24, 2.45) is 5.41 Å². The first kappa shape index (κ1) is 15.9. The normalized spacial score (nSPS) is 15.0. The lowest BCUT2D eigenvalue weighted by atomic mass is 9.76. The molecule has 0 aliphatic rings. The quantitative estimate of drug-likeness (QED) is 0.533. The highest BCUT2D eigenvalue weighted by molar-refractivity contribution is 4.77. The highest BCUT2D eigenvalue weighted by atomic mass is 16.3. The second kappa shape index (κ2) is 10.1. The number of aliphatic hydroxyl groups is 2. The molecule has 0 aliphatic carbocycles. The molecule has 98 valence electrons.